The van der Waals surface area contributed by atoms with Crippen molar-refractivity contribution in [1.29, 1.82) is 0 Å². The number of para-hydroxylation sites is 1. The van der Waals surface area contributed by atoms with Gasteiger partial charge in [0.25, 0.3) is 0 Å². The molecule has 166 valence electrons. The number of phenolic OH excluding ortho intramolecular Hbond substituents is 1. The van der Waals surface area contributed by atoms with Gasteiger partial charge in [-0.1, -0.05) is 24.3 Å². The van der Waals surface area contributed by atoms with Gasteiger partial charge in [-0.25, -0.2) is 9.18 Å². The number of nitrogens with two attached hydrogens (primary N) is 1. The number of morpholine rings is 1. The number of anilines is 2. The van der Waals surface area contributed by atoms with Crippen LogP contribution in [-0.4, -0.2) is 54.3 Å². The van der Waals surface area contributed by atoms with E-state index in [0.717, 1.165) is 5.56 Å². The van der Waals surface area contributed by atoms with Crippen LogP contribution in [0.1, 0.15) is 22.0 Å². The normalized spacial score (nSPS) is 18.4. The van der Waals surface area contributed by atoms with Gasteiger partial charge in [0, 0.05) is 18.7 Å². The summed E-state index contributed by atoms with van der Waals surface area (Å²) in [6.45, 7) is 0.00547. The Balaban J connectivity index is 1.64. The number of carbonyl (C=O) groups excluding carboxylic acids is 1. The standard InChI is InChI=1S/C23H23FN4O4/c1-31-23(30)15-8-6-14(7-9-15)21-13-28(12-16(11-24)32-21)19-10-18(26-27-22(19)25)17-4-2-3-5-20(17)29/h2-10,16,21,29H,11-13H2,1H3,(H2,25,27)/t16-,21-/m0/s1. The fraction of sp³-hybridized carbons (Fsp3) is 0.261. The Morgan fingerprint density at radius 1 is 1.22 bits per heavy atom. The van der Waals surface area contributed by atoms with Gasteiger partial charge in [-0.2, -0.15) is 0 Å². The zero-order chi connectivity index (χ0) is 22.7. The summed E-state index contributed by atoms with van der Waals surface area (Å²) in [6.07, 6.45) is -1.12. The Morgan fingerprint density at radius 2 is 1.97 bits per heavy atom. The lowest BCUT2D eigenvalue weighted by molar-refractivity contribution is -0.0380. The van der Waals surface area contributed by atoms with Crippen molar-refractivity contribution >= 4 is 17.5 Å². The lowest BCUT2D eigenvalue weighted by Gasteiger charge is -2.39. The number of benzene rings is 2. The van der Waals surface area contributed by atoms with E-state index >= 15 is 0 Å². The first-order valence-corrected chi connectivity index (χ1v) is 10.1. The van der Waals surface area contributed by atoms with Gasteiger partial charge in [0.15, 0.2) is 5.82 Å². The van der Waals surface area contributed by atoms with Gasteiger partial charge in [-0.15, -0.1) is 10.2 Å². The molecule has 3 aromatic rings. The Labute approximate surface area is 184 Å². The molecule has 2 atom stereocenters. The summed E-state index contributed by atoms with van der Waals surface area (Å²) in [5.74, 6) is -0.162. The average molecular weight is 438 g/mol. The second-order valence-corrected chi connectivity index (χ2v) is 7.44. The molecule has 1 saturated heterocycles. The molecule has 1 aliphatic rings. The molecule has 0 saturated carbocycles. The quantitative estimate of drug-likeness (QED) is 0.585. The van der Waals surface area contributed by atoms with E-state index < -0.39 is 24.9 Å². The van der Waals surface area contributed by atoms with Gasteiger partial charge in [0.1, 0.15) is 24.6 Å². The molecule has 8 nitrogen and oxygen atoms in total. The third-order valence-corrected chi connectivity index (χ3v) is 5.36. The number of nitrogen functional groups attached to an aromatic ring is 1. The second-order valence-electron chi connectivity index (χ2n) is 7.44. The number of ether oxygens (including phenoxy) is 2. The van der Waals surface area contributed by atoms with Crippen LogP contribution in [0.25, 0.3) is 11.3 Å². The number of rotatable bonds is 5. The molecule has 3 N–H and O–H groups in total. The highest BCUT2D eigenvalue weighted by Gasteiger charge is 2.31. The highest BCUT2D eigenvalue weighted by Crippen LogP contribution is 2.35. The zero-order valence-corrected chi connectivity index (χ0v) is 17.4. The van der Waals surface area contributed by atoms with Crippen LogP contribution in [0, 0.1) is 0 Å². The van der Waals surface area contributed by atoms with Crippen molar-refractivity contribution < 1.29 is 23.8 Å². The number of alkyl halides is 1. The molecular formula is C23H23FN4O4. The lowest BCUT2D eigenvalue weighted by Crippen LogP contribution is -2.45. The van der Waals surface area contributed by atoms with Crippen LogP contribution >= 0.6 is 0 Å². The number of methoxy groups -OCH3 is 1. The number of hydrogen-bond acceptors (Lipinski definition) is 8. The van der Waals surface area contributed by atoms with Gasteiger partial charge in [0.2, 0.25) is 0 Å². The van der Waals surface area contributed by atoms with E-state index in [0.29, 0.717) is 29.1 Å². The van der Waals surface area contributed by atoms with Crippen LogP contribution < -0.4 is 10.6 Å². The van der Waals surface area contributed by atoms with Crippen LogP contribution in [0.5, 0.6) is 5.75 Å². The van der Waals surface area contributed by atoms with Crippen molar-refractivity contribution in [3.63, 3.8) is 0 Å². The van der Waals surface area contributed by atoms with Crippen LogP contribution in [-0.2, 0) is 9.47 Å². The molecule has 0 bridgehead atoms. The zero-order valence-electron chi connectivity index (χ0n) is 17.4. The predicted octanol–water partition coefficient (Wildman–Crippen LogP) is 3.13. The Kier molecular flexibility index (Phi) is 6.18. The molecule has 9 heteroatoms. The lowest BCUT2D eigenvalue weighted by atomic mass is 10.0. The Bertz CT molecular complexity index is 1110. The Morgan fingerprint density at radius 3 is 2.66 bits per heavy atom. The number of carbonyl (C=O) groups is 1. The highest BCUT2D eigenvalue weighted by molar-refractivity contribution is 5.89. The van der Waals surface area contributed by atoms with Gasteiger partial charge in [-0.3, -0.25) is 0 Å². The van der Waals surface area contributed by atoms with E-state index in [9.17, 15) is 14.3 Å². The van der Waals surface area contributed by atoms with Crippen LogP contribution in [0.3, 0.4) is 0 Å². The summed E-state index contributed by atoms with van der Waals surface area (Å²) in [4.78, 5) is 13.6. The van der Waals surface area contributed by atoms with Crippen molar-refractivity contribution in [3.05, 3.63) is 65.7 Å². The maximum Gasteiger partial charge on any atom is 0.337 e. The number of esters is 1. The highest BCUT2D eigenvalue weighted by atomic mass is 19.1. The fourth-order valence-corrected chi connectivity index (χ4v) is 3.72. The van der Waals surface area contributed by atoms with Crippen LogP contribution in [0.15, 0.2) is 54.6 Å². The fourth-order valence-electron chi connectivity index (χ4n) is 3.72. The molecule has 1 aliphatic heterocycles. The summed E-state index contributed by atoms with van der Waals surface area (Å²) in [7, 11) is 1.32. The molecule has 0 unspecified atom stereocenters. The molecule has 1 fully saturated rings. The summed E-state index contributed by atoms with van der Waals surface area (Å²) in [6, 6.07) is 15.3. The van der Waals surface area contributed by atoms with E-state index in [1.807, 2.05) is 4.90 Å². The van der Waals surface area contributed by atoms with Crippen molar-refractivity contribution in [2.75, 3.05) is 37.5 Å². The number of aromatic hydroxyl groups is 1. The minimum Gasteiger partial charge on any atom is -0.507 e. The van der Waals surface area contributed by atoms with Crippen molar-refractivity contribution in [2.24, 2.45) is 0 Å². The number of halogens is 1. The third kappa shape index (κ3) is 4.33. The topological polar surface area (TPSA) is 111 Å². The minimum atomic E-state index is -0.671. The maximum atomic E-state index is 13.7. The molecule has 2 aromatic carbocycles. The smallest absolute Gasteiger partial charge is 0.337 e. The van der Waals surface area contributed by atoms with Crippen LogP contribution in [0.2, 0.25) is 0 Å². The van der Waals surface area contributed by atoms with Gasteiger partial charge >= 0.3 is 5.97 Å². The van der Waals surface area contributed by atoms with Crippen molar-refractivity contribution in [1.82, 2.24) is 10.2 Å². The minimum absolute atomic E-state index is 0.0738. The molecule has 0 spiro atoms. The first kappa shape index (κ1) is 21.5. The summed E-state index contributed by atoms with van der Waals surface area (Å²) in [5.41, 5.74) is 8.88. The van der Waals surface area contributed by atoms with E-state index in [2.05, 4.69) is 10.2 Å². The van der Waals surface area contributed by atoms with Gasteiger partial charge in [-0.05, 0) is 35.9 Å². The molecule has 1 aromatic heterocycles. The van der Waals surface area contributed by atoms with Gasteiger partial charge < -0.3 is 25.2 Å². The first-order chi connectivity index (χ1) is 15.5. The number of aromatic nitrogens is 2. The Hall–Kier alpha value is -3.72. The van der Waals surface area contributed by atoms with E-state index in [1.165, 1.54) is 7.11 Å². The largest absolute Gasteiger partial charge is 0.507 e. The molecular weight excluding hydrogens is 415 g/mol. The third-order valence-electron chi connectivity index (χ3n) is 5.36. The molecule has 0 radical (unpaired) electrons. The SMILES string of the molecule is COC(=O)c1ccc([C@@H]2CN(c3cc(-c4ccccc4O)nnc3N)C[C@H](CF)O2)cc1. The molecule has 0 amide bonds. The van der Waals surface area contributed by atoms with E-state index in [-0.39, 0.29) is 18.1 Å². The maximum absolute atomic E-state index is 13.7. The summed E-state index contributed by atoms with van der Waals surface area (Å²) < 4.78 is 24.3. The molecule has 32 heavy (non-hydrogen) atoms. The second kappa shape index (κ2) is 9.19. The monoisotopic (exact) mass is 438 g/mol. The number of hydrogen-bond donors (Lipinski definition) is 2. The van der Waals surface area contributed by atoms with E-state index in [1.54, 1.807) is 54.6 Å². The van der Waals surface area contributed by atoms with Gasteiger partial charge in [0.05, 0.1) is 24.1 Å². The first-order valence-electron chi connectivity index (χ1n) is 10.1. The van der Waals surface area contributed by atoms with Crippen molar-refractivity contribution in [2.45, 2.75) is 12.2 Å². The summed E-state index contributed by atoms with van der Waals surface area (Å²) in [5, 5.41) is 18.3. The van der Waals surface area contributed by atoms with E-state index in [4.69, 9.17) is 15.2 Å². The number of nitrogens with zero attached hydrogens (tertiary/aromatic N) is 3. The summed E-state index contributed by atoms with van der Waals surface area (Å²) >= 11 is 0. The molecule has 0 aliphatic carbocycles. The molecule has 2 heterocycles. The van der Waals surface area contributed by atoms with Crippen LogP contribution in [0.4, 0.5) is 15.9 Å². The van der Waals surface area contributed by atoms with Crippen molar-refractivity contribution in [3.8, 4) is 17.0 Å². The average Bonchev–Trinajstić information content (AvgIpc) is 2.84. The number of phenols is 1. The molecule has 4 rings (SSSR count). The predicted molar refractivity (Wildman–Crippen MR) is 117 cm³/mol.